The number of nitrogens with zero attached hydrogens (tertiary/aromatic N) is 2. The molecule has 3 rings (SSSR count). The van der Waals surface area contributed by atoms with E-state index in [-0.39, 0.29) is 6.04 Å². The Kier molecular flexibility index (Phi) is 3.65. The van der Waals surface area contributed by atoms with Crippen LogP contribution in [-0.2, 0) is 13.0 Å². The van der Waals surface area contributed by atoms with Gasteiger partial charge in [0, 0.05) is 12.7 Å². The van der Waals surface area contributed by atoms with E-state index < -0.39 is 0 Å². The molecule has 0 radical (unpaired) electrons. The zero-order chi connectivity index (χ0) is 13.1. The molecular weight excluding hydrogens is 234 g/mol. The summed E-state index contributed by atoms with van der Waals surface area (Å²) >= 11 is 0. The second kappa shape index (κ2) is 5.57. The molecule has 100 valence electrons. The van der Waals surface area contributed by atoms with Gasteiger partial charge in [0.15, 0.2) is 0 Å². The molecule has 2 aromatic rings. The molecule has 1 atom stereocenters. The largest absolute Gasteiger partial charge is 0.333 e. The lowest BCUT2D eigenvalue weighted by atomic mass is 9.85. The van der Waals surface area contributed by atoms with E-state index in [4.69, 9.17) is 5.73 Å². The first-order valence-corrected chi connectivity index (χ1v) is 7.12. The standard InChI is InChI=1S/C16H21N3/c17-15(9-13-5-2-1-3-6-13)16-10-18-12-19(16)11-14-7-4-8-14/h1-3,5-6,10,12,14-15H,4,7-9,11,17H2/t15-/m1/s1. The molecule has 1 aliphatic rings. The molecule has 3 heteroatoms. The fourth-order valence-electron chi connectivity index (χ4n) is 2.72. The van der Waals surface area contributed by atoms with Gasteiger partial charge in [0.2, 0.25) is 0 Å². The average molecular weight is 255 g/mol. The van der Waals surface area contributed by atoms with Crippen molar-refractivity contribution in [1.82, 2.24) is 9.55 Å². The molecule has 0 aliphatic heterocycles. The highest BCUT2D eigenvalue weighted by molar-refractivity contribution is 5.18. The number of hydrogen-bond donors (Lipinski definition) is 1. The lowest BCUT2D eigenvalue weighted by molar-refractivity contribution is 0.272. The van der Waals surface area contributed by atoms with Crippen molar-refractivity contribution >= 4 is 0 Å². The van der Waals surface area contributed by atoms with E-state index in [0.717, 1.165) is 24.6 Å². The molecule has 1 fully saturated rings. The van der Waals surface area contributed by atoms with Crippen LogP contribution >= 0.6 is 0 Å². The van der Waals surface area contributed by atoms with Crippen LogP contribution in [0.2, 0.25) is 0 Å². The first-order chi connectivity index (χ1) is 9.33. The van der Waals surface area contributed by atoms with E-state index in [9.17, 15) is 0 Å². The van der Waals surface area contributed by atoms with Gasteiger partial charge >= 0.3 is 0 Å². The highest BCUT2D eigenvalue weighted by Crippen LogP contribution is 2.29. The van der Waals surface area contributed by atoms with Gasteiger partial charge in [-0.1, -0.05) is 36.8 Å². The summed E-state index contributed by atoms with van der Waals surface area (Å²) in [6.07, 6.45) is 8.81. The number of aromatic nitrogens is 2. The second-order valence-electron chi connectivity index (χ2n) is 5.56. The van der Waals surface area contributed by atoms with Gasteiger partial charge in [-0.3, -0.25) is 0 Å². The topological polar surface area (TPSA) is 43.8 Å². The molecule has 19 heavy (non-hydrogen) atoms. The van der Waals surface area contributed by atoms with Crippen LogP contribution in [0.1, 0.15) is 36.6 Å². The van der Waals surface area contributed by atoms with Gasteiger partial charge in [-0.2, -0.15) is 0 Å². The smallest absolute Gasteiger partial charge is 0.0948 e. The van der Waals surface area contributed by atoms with E-state index >= 15 is 0 Å². The highest BCUT2D eigenvalue weighted by atomic mass is 15.1. The van der Waals surface area contributed by atoms with Gasteiger partial charge in [-0.05, 0) is 30.7 Å². The molecular formula is C16H21N3. The summed E-state index contributed by atoms with van der Waals surface area (Å²) in [4.78, 5) is 4.28. The zero-order valence-electron chi connectivity index (χ0n) is 11.2. The van der Waals surface area contributed by atoms with Crippen molar-refractivity contribution in [3.63, 3.8) is 0 Å². The minimum absolute atomic E-state index is 0.0324. The Morgan fingerprint density at radius 2 is 2.05 bits per heavy atom. The van der Waals surface area contributed by atoms with Crippen molar-refractivity contribution in [3.05, 3.63) is 54.1 Å². The van der Waals surface area contributed by atoms with Crippen LogP contribution in [-0.4, -0.2) is 9.55 Å². The molecule has 1 heterocycles. The summed E-state index contributed by atoms with van der Waals surface area (Å²) in [5.41, 5.74) is 8.79. The van der Waals surface area contributed by atoms with Crippen LogP contribution in [0, 0.1) is 5.92 Å². The van der Waals surface area contributed by atoms with Crippen molar-refractivity contribution in [2.24, 2.45) is 11.7 Å². The van der Waals surface area contributed by atoms with Crippen LogP contribution in [0.3, 0.4) is 0 Å². The van der Waals surface area contributed by atoms with E-state index in [2.05, 4.69) is 33.8 Å². The van der Waals surface area contributed by atoms with Gasteiger partial charge < -0.3 is 10.3 Å². The Morgan fingerprint density at radius 1 is 1.26 bits per heavy atom. The summed E-state index contributed by atoms with van der Waals surface area (Å²) < 4.78 is 2.25. The van der Waals surface area contributed by atoms with Gasteiger partial charge in [0.1, 0.15) is 0 Å². The summed E-state index contributed by atoms with van der Waals surface area (Å²) in [6, 6.07) is 10.5. The van der Waals surface area contributed by atoms with Crippen LogP contribution in [0.4, 0.5) is 0 Å². The summed E-state index contributed by atoms with van der Waals surface area (Å²) in [7, 11) is 0. The summed E-state index contributed by atoms with van der Waals surface area (Å²) in [6.45, 7) is 1.08. The van der Waals surface area contributed by atoms with Crippen molar-refractivity contribution < 1.29 is 0 Å². The van der Waals surface area contributed by atoms with Crippen molar-refractivity contribution in [2.75, 3.05) is 0 Å². The van der Waals surface area contributed by atoms with Crippen molar-refractivity contribution in [1.29, 1.82) is 0 Å². The zero-order valence-corrected chi connectivity index (χ0v) is 11.2. The Morgan fingerprint density at radius 3 is 2.74 bits per heavy atom. The van der Waals surface area contributed by atoms with E-state index in [1.807, 2.05) is 18.6 Å². The van der Waals surface area contributed by atoms with Crippen LogP contribution in [0.5, 0.6) is 0 Å². The first kappa shape index (κ1) is 12.4. The molecule has 0 unspecified atom stereocenters. The molecule has 0 bridgehead atoms. The lowest BCUT2D eigenvalue weighted by Crippen LogP contribution is -2.22. The quantitative estimate of drug-likeness (QED) is 0.892. The average Bonchev–Trinajstić information content (AvgIpc) is 2.83. The predicted molar refractivity (Wildman–Crippen MR) is 76.6 cm³/mol. The van der Waals surface area contributed by atoms with Crippen molar-refractivity contribution in [3.8, 4) is 0 Å². The third-order valence-corrected chi connectivity index (χ3v) is 4.10. The maximum absolute atomic E-state index is 6.35. The first-order valence-electron chi connectivity index (χ1n) is 7.12. The van der Waals surface area contributed by atoms with E-state index in [1.165, 1.54) is 24.8 Å². The third kappa shape index (κ3) is 2.87. The molecule has 0 amide bonds. The molecule has 2 N–H and O–H groups in total. The highest BCUT2D eigenvalue weighted by Gasteiger charge is 2.20. The van der Waals surface area contributed by atoms with Gasteiger partial charge in [0.25, 0.3) is 0 Å². The minimum atomic E-state index is 0.0324. The Balaban J connectivity index is 1.69. The van der Waals surface area contributed by atoms with Gasteiger partial charge in [-0.15, -0.1) is 0 Å². The maximum atomic E-state index is 6.35. The van der Waals surface area contributed by atoms with Crippen molar-refractivity contribution in [2.45, 2.75) is 38.3 Å². The number of nitrogens with two attached hydrogens (primary N) is 1. The fourth-order valence-corrected chi connectivity index (χ4v) is 2.72. The summed E-state index contributed by atoms with van der Waals surface area (Å²) in [5, 5.41) is 0. The lowest BCUT2D eigenvalue weighted by Gasteiger charge is -2.27. The molecule has 1 saturated carbocycles. The van der Waals surface area contributed by atoms with Crippen LogP contribution in [0.15, 0.2) is 42.9 Å². The Labute approximate surface area is 114 Å². The normalized spacial score (nSPS) is 17.1. The number of rotatable bonds is 5. The van der Waals surface area contributed by atoms with Gasteiger partial charge in [-0.25, -0.2) is 4.98 Å². The number of benzene rings is 1. The molecule has 0 saturated heterocycles. The monoisotopic (exact) mass is 255 g/mol. The Bertz CT molecular complexity index is 514. The summed E-state index contributed by atoms with van der Waals surface area (Å²) in [5.74, 6) is 0.830. The minimum Gasteiger partial charge on any atom is -0.333 e. The second-order valence-corrected chi connectivity index (χ2v) is 5.56. The van der Waals surface area contributed by atoms with Crippen LogP contribution in [0.25, 0.3) is 0 Å². The van der Waals surface area contributed by atoms with Crippen LogP contribution < -0.4 is 5.73 Å². The number of imidazole rings is 1. The molecule has 1 aromatic carbocycles. The molecule has 0 spiro atoms. The molecule has 1 aliphatic carbocycles. The SMILES string of the molecule is N[C@H](Cc1ccccc1)c1cncn1CC1CCC1. The molecule has 3 nitrogen and oxygen atoms in total. The predicted octanol–water partition coefficient (Wildman–Crippen LogP) is 2.93. The fraction of sp³-hybridized carbons (Fsp3) is 0.438. The maximum Gasteiger partial charge on any atom is 0.0948 e. The van der Waals surface area contributed by atoms with E-state index in [1.54, 1.807) is 0 Å². The third-order valence-electron chi connectivity index (χ3n) is 4.10. The van der Waals surface area contributed by atoms with E-state index in [0.29, 0.717) is 0 Å². The number of hydrogen-bond acceptors (Lipinski definition) is 2. The Hall–Kier alpha value is -1.61. The van der Waals surface area contributed by atoms with Gasteiger partial charge in [0.05, 0.1) is 18.1 Å². The molecule has 1 aromatic heterocycles.